The Bertz CT molecular complexity index is 142. The number of quaternary nitrogens is 1. The number of rotatable bonds is 12. The number of aliphatic hydroxyl groups is 3. The summed E-state index contributed by atoms with van der Waals surface area (Å²) < 4.78 is 0. The molecule has 104 valence electrons. The van der Waals surface area contributed by atoms with Gasteiger partial charge in [0.2, 0.25) is 0 Å². The molecule has 0 aliphatic rings. The standard InChI is InChI=1S/C10H24NO6/c1-11(15-8-2-5-12,16-9-3-6-13)17-10-4-7-14/h12-14H,2-10H2,1H3/q+1. The second-order valence-corrected chi connectivity index (χ2v) is 3.50. The van der Waals surface area contributed by atoms with Crippen LogP contribution in [0.25, 0.3) is 0 Å². The van der Waals surface area contributed by atoms with E-state index in [9.17, 15) is 0 Å². The van der Waals surface area contributed by atoms with Crippen LogP contribution in [0.3, 0.4) is 0 Å². The van der Waals surface area contributed by atoms with Crippen LogP contribution in [0, 0.1) is 0 Å². The fourth-order valence-electron chi connectivity index (χ4n) is 0.997. The third-order valence-corrected chi connectivity index (χ3v) is 1.88. The molecule has 0 spiro atoms. The minimum absolute atomic E-state index is 0.0350. The van der Waals surface area contributed by atoms with E-state index >= 15 is 0 Å². The molecule has 0 fully saturated rings. The van der Waals surface area contributed by atoms with Crippen LogP contribution in [-0.2, 0) is 14.5 Å². The van der Waals surface area contributed by atoms with E-state index in [1.165, 1.54) is 0 Å². The molecule has 0 aromatic carbocycles. The van der Waals surface area contributed by atoms with Gasteiger partial charge in [0.05, 0.1) is 4.97 Å². The van der Waals surface area contributed by atoms with Crippen molar-refractivity contribution >= 4 is 0 Å². The summed E-state index contributed by atoms with van der Waals surface area (Å²) in [4.78, 5) is 15.5. The second kappa shape index (κ2) is 10.8. The van der Waals surface area contributed by atoms with Crippen LogP contribution in [0.5, 0.6) is 0 Å². The molecule has 0 saturated heterocycles. The lowest BCUT2D eigenvalue weighted by atomic mass is 10.5. The number of hydrogen-bond donors (Lipinski definition) is 3. The molecule has 0 atom stereocenters. The third-order valence-electron chi connectivity index (χ3n) is 1.88. The van der Waals surface area contributed by atoms with Crippen LogP contribution in [0.15, 0.2) is 0 Å². The zero-order valence-corrected chi connectivity index (χ0v) is 10.4. The molecule has 0 aromatic heterocycles. The quantitative estimate of drug-likeness (QED) is 0.244. The Morgan fingerprint density at radius 1 is 0.706 bits per heavy atom. The first kappa shape index (κ1) is 16.7. The van der Waals surface area contributed by atoms with Gasteiger partial charge in [0.15, 0.2) is 7.05 Å². The van der Waals surface area contributed by atoms with Gasteiger partial charge in [-0.25, -0.2) is 0 Å². The van der Waals surface area contributed by atoms with Crippen molar-refractivity contribution in [3.05, 3.63) is 0 Å². The SMILES string of the molecule is C[N+](OCCCO)(OCCCO)OCCCO. The van der Waals surface area contributed by atoms with Crippen LogP contribution in [-0.4, -0.2) is 67.0 Å². The Kier molecular flexibility index (Phi) is 10.7. The highest BCUT2D eigenvalue weighted by molar-refractivity contribution is 4.27. The predicted octanol–water partition coefficient (Wildman–Crippen LogP) is -0.625. The van der Waals surface area contributed by atoms with Gasteiger partial charge < -0.3 is 15.3 Å². The molecule has 0 saturated carbocycles. The van der Waals surface area contributed by atoms with Gasteiger partial charge in [-0.1, -0.05) is 0 Å². The molecule has 3 N–H and O–H groups in total. The summed E-state index contributed by atoms with van der Waals surface area (Å²) in [6.07, 6.45) is 1.46. The van der Waals surface area contributed by atoms with Gasteiger partial charge in [-0.2, -0.15) is 0 Å². The number of aliphatic hydroxyl groups excluding tert-OH is 3. The minimum Gasteiger partial charge on any atom is -0.396 e. The molecule has 0 unspecified atom stereocenters. The Hall–Kier alpha value is -0.280. The maximum absolute atomic E-state index is 8.66. The van der Waals surface area contributed by atoms with Gasteiger partial charge in [0.1, 0.15) is 19.8 Å². The summed E-state index contributed by atoms with van der Waals surface area (Å²) in [5.41, 5.74) is 0. The zero-order valence-electron chi connectivity index (χ0n) is 10.4. The molecule has 0 aliphatic heterocycles. The largest absolute Gasteiger partial charge is 0.396 e. The van der Waals surface area contributed by atoms with Crippen LogP contribution >= 0.6 is 0 Å². The van der Waals surface area contributed by atoms with E-state index in [4.69, 9.17) is 29.8 Å². The van der Waals surface area contributed by atoms with E-state index in [2.05, 4.69) is 0 Å². The normalized spacial score (nSPS) is 12.0. The molecule has 0 aromatic rings. The Labute approximate surface area is 102 Å². The van der Waals surface area contributed by atoms with Gasteiger partial charge in [-0.15, -0.1) is 14.5 Å². The average Bonchev–Trinajstić information content (AvgIpc) is 2.30. The monoisotopic (exact) mass is 254 g/mol. The summed E-state index contributed by atoms with van der Waals surface area (Å²) in [5.74, 6) is 0. The van der Waals surface area contributed by atoms with E-state index in [0.29, 0.717) is 39.1 Å². The molecule has 0 rings (SSSR count). The maximum atomic E-state index is 8.66. The fraction of sp³-hybridized carbons (Fsp3) is 1.00. The van der Waals surface area contributed by atoms with E-state index in [-0.39, 0.29) is 19.8 Å². The van der Waals surface area contributed by atoms with Gasteiger partial charge in [-0.05, 0) is 0 Å². The highest BCUT2D eigenvalue weighted by atomic mass is 17.2. The van der Waals surface area contributed by atoms with Crippen LogP contribution in [0.4, 0.5) is 0 Å². The topological polar surface area (TPSA) is 88.4 Å². The first-order chi connectivity index (χ1) is 8.18. The molecule has 0 bridgehead atoms. The predicted molar refractivity (Wildman–Crippen MR) is 59.1 cm³/mol. The Morgan fingerprint density at radius 3 is 1.24 bits per heavy atom. The van der Waals surface area contributed by atoms with Crippen molar-refractivity contribution in [2.45, 2.75) is 19.3 Å². The second-order valence-electron chi connectivity index (χ2n) is 3.50. The first-order valence-corrected chi connectivity index (χ1v) is 5.81. The van der Waals surface area contributed by atoms with Gasteiger partial charge in [0.25, 0.3) is 0 Å². The summed E-state index contributed by atoms with van der Waals surface area (Å²) in [7, 11) is 1.58. The molecule has 0 aliphatic carbocycles. The lowest BCUT2D eigenvalue weighted by Crippen LogP contribution is -2.44. The van der Waals surface area contributed by atoms with Gasteiger partial charge >= 0.3 is 0 Å². The van der Waals surface area contributed by atoms with E-state index in [1.807, 2.05) is 0 Å². The van der Waals surface area contributed by atoms with Gasteiger partial charge in [0, 0.05) is 39.1 Å². The Balaban J connectivity index is 3.95. The van der Waals surface area contributed by atoms with Gasteiger partial charge in [-0.3, -0.25) is 0 Å². The highest BCUT2D eigenvalue weighted by Crippen LogP contribution is 2.09. The number of hydroxylamine groups is 3. The van der Waals surface area contributed by atoms with E-state index in [0.717, 1.165) is 0 Å². The molecule has 7 nitrogen and oxygen atoms in total. The lowest BCUT2D eigenvalue weighted by molar-refractivity contribution is -1.36. The molecular weight excluding hydrogens is 230 g/mol. The van der Waals surface area contributed by atoms with Crippen LogP contribution in [0.2, 0.25) is 0 Å². The molecule has 0 radical (unpaired) electrons. The van der Waals surface area contributed by atoms with E-state index < -0.39 is 4.97 Å². The van der Waals surface area contributed by atoms with Crippen LogP contribution in [0.1, 0.15) is 19.3 Å². The molecule has 17 heavy (non-hydrogen) atoms. The number of nitrogens with zero attached hydrogens (tertiary/aromatic N) is 1. The summed E-state index contributed by atoms with van der Waals surface area (Å²) >= 11 is 0. The van der Waals surface area contributed by atoms with Crippen molar-refractivity contribution in [3.63, 3.8) is 0 Å². The number of hydrogen-bond acceptors (Lipinski definition) is 6. The Morgan fingerprint density at radius 2 is 1.00 bits per heavy atom. The van der Waals surface area contributed by atoms with Crippen molar-refractivity contribution in [1.82, 2.24) is 0 Å². The molecule has 0 heterocycles. The summed E-state index contributed by atoms with van der Waals surface area (Å²) in [5, 5.41) is 26.0. The molecular formula is C10H24NO6+. The lowest BCUT2D eigenvalue weighted by Gasteiger charge is -2.25. The van der Waals surface area contributed by atoms with E-state index in [1.54, 1.807) is 7.05 Å². The van der Waals surface area contributed by atoms with Crippen molar-refractivity contribution in [2.75, 3.05) is 46.7 Å². The zero-order chi connectivity index (χ0) is 13.0. The summed E-state index contributed by atoms with van der Waals surface area (Å²) in [6.45, 7) is 0.996. The maximum Gasteiger partial charge on any atom is 0.168 e. The van der Waals surface area contributed by atoms with Crippen molar-refractivity contribution < 1.29 is 34.8 Å². The molecule has 0 amide bonds. The smallest absolute Gasteiger partial charge is 0.168 e. The summed E-state index contributed by atoms with van der Waals surface area (Å²) in [6, 6.07) is 0. The third kappa shape index (κ3) is 9.42. The average molecular weight is 254 g/mol. The van der Waals surface area contributed by atoms with Crippen molar-refractivity contribution in [1.29, 1.82) is 0 Å². The van der Waals surface area contributed by atoms with Crippen LogP contribution < -0.4 is 0 Å². The van der Waals surface area contributed by atoms with Crippen molar-refractivity contribution in [2.24, 2.45) is 0 Å². The molecule has 7 heteroatoms. The minimum atomic E-state index is -0.500. The fourth-order valence-corrected chi connectivity index (χ4v) is 0.997. The van der Waals surface area contributed by atoms with Crippen molar-refractivity contribution in [3.8, 4) is 0 Å². The first-order valence-electron chi connectivity index (χ1n) is 5.81. The highest BCUT2D eigenvalue weighted by Gasteiger charge is 2.28.